The van der Waals surface area contributed by atoms with Gasteiger partial charge in [0.1, 0.15) is 12.7 Å². The van der Waals surface area contributed by atoms with Gasteiger partial charge in [-0.25, -0.2) is 4.79 Å². The number of aliphatic hydroxyl groups excluding tert-OH is 1. The third-order valence-corrected chi connectivity index (χ3v) is 12.3. The molecule has 1 unspecified atom stereocenters. The molecule has 7 heteroatoms. The molecule has 2 aliphatic rings. The van der Waals surface area contributed by atoms with Gasteiger partial charge in [0.2, 0.25) is 0 Å². The Morgan fingerprint density at radius 2 is 1.66 bits per heavy atom. The summed E-state index contributed by atoms with van der Waals surface area (Å²) in [5, 5.41) is 12.9. The minimum Gasteiger partial charge on any atom is -0.449 e. The van der Waals surface area contributed by atoms with Gasteiger partial charge in [-0.1, -0.05) is 69.3 Å². The number of benzene rings is 2. The first-order valence-electron chi connectivity index (χ1n) is 12.6. The van der Waals surface area contributed by atoms with Crippen LogP contribution in [0.5, 0.6) is 0 Å². The second kappa shape index (κ2) is 10.4. The molecule has 1 amide bonds. The van der Waals surface area contributed by atoms with Crippen molar-refractivity contribution >= 4 is 14.4 Å². The minimum absolute atomic E-state index is 0.0334. The first-order chi connectivity index (χ1) is 16.6. The molecule has 2 N–H and O–H groups in total. The molecule has 0 saturated carbocycles. The van der Waals surface area contributed by atoms with E-state index in [-0.39, 0.29) is 42.5 Å². The fourth-order valence-electron chi connectivity index (χ4n) is 4.79. The average Bonchev–Trinajstić information content (AvgIpc) is 3.15. The summed E-state index contributed by atoms with van der Waals surface area (Å²) in [5.41, 5.74) is 4.79. The highest BCUT2D eigenvalue weighted by molar-refractivity contribution is 6.74. The van der Waals surface area contributed by atoms with E-state index < -0.39 is 14.4 Å². The minimum atomic E-state index is -1.96. The van der Waals surface area contributed by atoms with Gasteiger partial charge >= 0.3 is 6.09 Å². The molecule has 6 nitrogen and oxygen atoms in total. The number of carbonyl (C=O) groups excluding carboxylic acids is 1. The number of nitrogens with one attached hydrogen (secondary N) is 1. The number of fused-ring (bicyclic) bond motifs is 3. The molecule has 2 aromatic carbocycles. The highest BCUT2D eigenvalue weighted by atomic mass is 28.4. The number of rotatable bonds is 7. The average molecular weight is 498 g/mol. The quantitative estimate of drug-likeness (QED) is 0.497. The molecule has 0 bridgehead atoms. The maximum absolute atomic E-state index is 12.5. The monoisotopic (exact) mass is 497 g/mol. The third kappa shape index (κ3) is 5.64. The van der Waals surface area contributed by atoms with E-state index in [2.05, 4.69) is 63.4 Å². The van der Waals surface area contributed by atoms with E-state index in [0.717, 1.165) is 12.8 Å². The number of hydrogen-bond acceptors (Lipinski definition) is 5. The van der Waals surface area contributed by atoms with E-state index in [4.69, 9.17) is 13.9 Å². The largest absolute Gasteiger partial charge is 0.449 e. The molecule has 0 spiro atoms. The van der Waals surface area contributed by atoms with Crippen LogP contribution in [0.3, 0.4) is 0 Å². The van der Waals surface area contributed by atoms with Crippen LogP contribution in [-0.2, 0) is 13.9 Å². The van der Waals surface area contributed by atoms with Gasteiger partial charge in [0.15, 0.2) is 8.32 Å². The Morgan fingerprint density at radius 1 is 1.06 bits per heavy atom. The second-order valence-corrected chi connectivity index (χ2v) is 15.9. The van der Waals surface area contributed by atoms with E-state index in [1.807, 2.05) is 24.3 Å². The van der Waals surface area contributed by atoms with Crippen molar-refractivity contribution in [1.29, 1.82) is 0 Å². The highest BCUT2D eigenvalue weighted by Gasteiger charge is 2.42. The smallest absolute Gasteiger partial charge is 0.407 e. The summed E-state index contributed by atoms with van der Waals surface area (Å²) in [6.45, 7) is 11.6. The van der Waals surface area contributed by atoms with Crippen LogP contribution < -0.4 is 5.32 Å². The number of hydrogen-bond donors (Lipinski definition) is 2. The Balaban J connectivity index is 1.28. The predicted octanol–water partition coefficient (Wildman–Crippen LogP) is 5.46. The van der Waals surface area contributed by atoms with Crippen molar-refractivity contribution in [3.05, 3.63) is 59.7 Å². The first-order valence-corrected chi connectivity index (χ1v) is 15.5. The fourth-order valence-corrected chi connectivity index (χ4v) is 6.17. The van der Waals surface area contributed by atoms with Crippen molar-refractivity contribution in [3.63, 3.8) is 0 Å². The molecule has 1 aliphatic heterocycles. The van der Waals surface area contributed by atoms with Gasteiger partial charge in [-0.3, -0.25) is 0 Å². The van der Waals surface area contributed by atoms with Gasteiger partial charge in [-0.2, -0.15) is 0 Å². The second-order valence-electron chi connectivity index (χ2n) is 11.2. The van der Waals surface area contributed by atoms with Crippen LogP contribution in [0.1, 0.15) is 50.7 Å². The first kappa shape index (κ1) is 25.9. The zero-order valence-corrected chi connectivity index (χ0v) is 22.5. The molecule has 2 aromatic rings. The van der Waals surface area contributed by atoms with Crippen molar-refractivity contribution < 1.29 is 23.8 Å². The zero-order chi connectivity index (χ0) is 25.2. The van der Waals surface area contributed by atoms with Crippen LogP contribution >= 0.6 is 0 Å². The Hall–Kier alpha value is -2.19. The topological polar surface area (TPSA) is 77.0 Å². The van der Waals surface area contributed by atoms with Gasteiger partial charge < -0.3 is 24.3 Å². The van der Waals surface area contributed by atoms with Crippen molar-refractivity contribution in [2.24, 2.45) is 0 Å². The summed E-state index contributed by atoms with van der Waals surface area (Å²) in [5.74, 6) is 0.0334. The number of aliphatic hydroxyl groups is 1. The van der Waals surface area contributed by atoms with Crippen molar-refractivity contribution in [2.45, 2.75) is 76.0 Å². The van der Waals surface area contributed by atoms with Crippen LogP contribution in [0, 0.1) is 0 Å². The molecule has 35 heavy (non-hydrogen) atoms. The molecule has 1 aliphatic carbocycles. The molecular formula is C28H39NO5Si. The summed E-state index contributed by atoms with van der Waals surface area (Å²) in [7, 11) is -1.96. The van der Waals surface area contributed by atoms with Gasteiger partial charge in [0.05, 0.1) is 18.8 Å². The number of ether oxygens (including phenoxy) is 2. The summed E-state index contributed by atoms with van der Waals surface area (Å²) in [6, 6.07) is 16.6. The van der Waals surface area contributed by atoms with Gasteiger partial charge in [-0.05, 0) is 53.2 Å². The lowest BCUT2D eigenvalue weighted by molar-refractivity contribution is -0.127. The van der Waals surface area contributed by atoms with Crippen molar-refractivity contribution in [2.75, 3.05) is 19.8 Å². The molecule has 4 rings (SSSR count). The SMILES string of the molecule is CC(C)(C)[Si](C)(C)O[C@H]1CCC(CNC(=O)OCC2c3ccccc3-c3ccccc32)O[C@@H]1CO. The Bertz CT molecular complexity index is 989. The van der Waals surface area contributed by atoms with Crippen LogP contribution in [0.4, 0.5) is 4.79 Å². The highest BCUT2D eigenvalue weighted by Crippen LogP contribution is 2.44. The summed E-state index contributed by atoms with van der Waals surface area (Å²) in [6.07, 6.45) is 0.440. The number of carbonyl (C=O) groups is 1. The lowest BCUT2D eigenvalue weighted by Gasteiger charge is -2.44. The maximum atomic E-state index is 12.5. The third-order valence-electron chi connectivity index (χ3n) is 7.80. The Labute approximate surface area is 210 Å². The van der Waals surface area contributed by atoms with Crippen molar-refractivity contribution in [1.82, 2.24) is 5.32 Å². The van der Waals surface area contributed by atoms with Crippen LogP contribution in [-0.4, -0.2) is 57.6 Å². The Kier molecular flexibility index (Phi) is 7.71. The van der Waals surface area contributed by atoms with Crippen LogP contribution in [0.2, 0.25) is 18.1 Å². The normalized spacial score (nSPS) is 22.4. The van der Waals surface area contributed by atoms with Gasteiger partial charge in [0.25, 0.3) is 0 Å². The van der Waals surface area contributed by atoms with Gasteiger partial charge in [0, 0.05) is 12.5 Å². The molecular weight excluding hydrogens is 458 g/mol. The standard InChI is InChI=1S/C28H39NO5Si/c1-28(2,3)35(4,5)34-25-15-14-19(33-26(25)17-30)16-29-27(31)32-18-24-22-12-8-6-10-20(22)21-11-7-9-13-23(21)24/h6-13,19,24-26,30H,14-18H2,1-5H3,(H,29,31)/t19?,25-,26+/m0/s1. The molecule has 1 heterocycles. The van der Waals surface area contributed by atoms with E-state index in [1.54, 1.807) is 0 Å². The molecule has 190 valence electrons. The zero-order valence-electron chi connectivity index (χ0n) is 21.5. The van der Waals surface area contributed by atoms with E-state index >= 15 is 0 Å². The summed E-state index contributed by atoms with van der Waals surface area (Å²) in [4.78, 5) is 12.5. The fraction of sp³-hybridized carbons (Fsp3) is 0.536. The Morgan fingerprint density at radius 3 is 2.23 bits per heavy atom. The van der Waals surface area contributed by atoms with E-state index in [1.165, 1.54) is 22.3 Å². The molecule has 3 atom stereocenters. The molecule has 1 fully saturated rings. The molecule has 0 radical (unpaired) electrons. The summed E-state index contributed by atoms with van der Waals surface area (Å²) < 4.78 is 18.3. The molecule has 1 saturated heterocycles. The molecule has 0 aromatic heterocycles. The lowest BCUT2D eigenvalue weighted by Crippen LogP contribution is -2.52. The van der Waals surface area contributed by atoms with Gasteiger partial charge in [-0.15, -0.1) is 0 Å². The van der Waals surface area contributed by atoms with Crippen molar-refractivity contribution in [3.8, 4) is 11.1 Å². The van der Waals surface area contributed by atoms with Crippen LogP contribution in [0.25, 0.3) is 11.1 Å². The predicted molar refractivity (Wildman–Crippen MR) is 140 cm³/mol. The number of amides is 1. The van der Waals surface area contributed by atoms with E-state index in [9.17, 15) is 9.90 Å². The van der Waals surface area contributed by atoms with Crippen LogP contribution in [0.15, 0.2) is 48.5 Å². The number of alkyl carbamates (subject to hydrolysis) is 1. The van der Waals surface area contributed by atoms with E-state index in [0.29, 0.717) is 6.54 Å². The summed E-state index contributed by atoms with van der Waals surface area (Å²) >= 11 is 0. The lowest BCUT2D eigenvalue weighted by atomic mass is 9.98. The maximum Gasteiger partial charge on any atom is 0.407 e.